The fourth-order valence-corrected chi connectivity index (χ4v) is 2.51. The predicted molar refractivity (Wildman–Crippen MR) is 82.8 cm³/mol. The molecule has 2 heterocycles. The fourth-order valence-electron chi connectivity index (χ4n) is 2.36. The van der Waals surface area contributed by atoms with Crippen molar-refractivity contribution in [3.8, 4) is 17.5 Å². The molecule has 0 spiro atoms. The molecule has 0 saturated carbocycles. The number of unbranched alkanes of at least 4 members (excludes halogenated alkanes) is 1. The minimum atomic E-state index is -0.320. The first-order valence-corrected chi connectivity index (χ1v) is 7.21. The van der Waals surface area contributed by atoms with Crippen molar-refractivity contribution in [2.24, 2.45) is 0 Å². The molecule has 0 radical (unpaired) electrons. The molecule has 0 aliphatic heterocycles. The van der Waals surface area contributed by atoms with Gasteiger partial charge in [0.1, 0.15) is 17.2 Å². The Morgan fingerprint density at radius 2 is 2.18 bits per heavy atom. The van der Waals surface area contributed by atoms with Crippen molar-refractivity contribution in [2.45, 2.75) is 19.4 Å². The lowest BCUT2D eigenvalue weighted by molar-refractivity contribution is 0.627. The number of imidazole rings is 1. The van der Waals surface area contributed by atoms with Gasteiger partial charge in [-0.25, -0.2) is 14.4 Å². The van der Waals surface area contributed by atoms with E-state index in [0.29, 0.717) is 47.0 Å². The Labute approximate surface area is 131 Å². The molecule has 0 atom stereocenters. The quantitative estimate of drug-likeness (QED) is 0.678. The highest BCUT2D eigenvalue weighted by atomic mass is 35.5. The van der Waals surface area contributed by atoms with Gasteiger partial charge in [0.05, 0.1) is 11.1 Å². The molecule has 6 heteroatoms. The Balaban J connectivity index is 2.15. The molecular formula is C16H12ClFN4. The molecule has 22 heavy (non-hydrogen) atoms. The molecule has 0 aliphatic carbocycles. The number of benzene rings is 1. The van der Waals surface area contributed by atoms with Gasteiger partial charge < -0.3 is 4.57 Å². The van der Waals surface area contributed by atoms with Crippen LogP contribution in [0.4, 0.5) is 4.39 Å². The van der Waals surface area contributed by atoms with Crippen LogP contribution in [0.15, 0.2) is 36.5 Å². The van der Waals surface area contributed by atoms with Crippen molar-refractivity contribution >= 4 is 22.8 Å². The lowest BCUT2D eigenvalue weighted by Gasteiger charge is -2.07. The number of fused-ring (bicyclic) bond motifs is 1. The van der Waals surface area contributed by atoms with Gasteiger partial charge in [-0.2, -0.15) is 5.26 Å². The number of rotatable bonds is 4. The predicted octanol–water partition coefficient (Wildman–Crippen LogP) is 4.19. The highest BCUT2D eigenvalue weighted by Crippen LogP contribution is 2.26. The van der Waals surface area contributed by atoms with E-state index in [1.54, 1.807) is 24.4 Å². The molecule has 2 aromatic heterocycles. The van der Waals surface area contributed by atoms with Crippen LogP contribution in [-0.4, -0.2) is 14.5 Å². The zero-order valence-electron chi connectivity index (χ0n) is 11.6. The molecule has 3 aromatic rings. The third kappa shape index (κ3) is 2.78. The molecule has 0 bridgehead atoms. The van der Waals surface area contributed by atoms with Crippen LogP contribution in [0.2, 0.25) is 5.02 Å². The molecule has 0 fully saturated rings. The summed E-state index contributed by atoms with van der Waals surface area (Å²) in [6.45, 7) is 0.588. The number of halogens is 2. The third-order valence-corrected chi connectivity index (χ3v) is 3.51. The van der Waals surface area contributed by atoms with Crippen LogP contribution in [-0.2, 0) is 6.54 Å². The van der Waals surface area contributed by atoms with E-state index in [1.807, 2.05) is 4.57 Å². The van der Waals surface area contributed by atoms with Crippen molar-refractivity contribution in [1.82, 2.24) is 14.5 Å². The summed E-state index contributed by atoms with van der Waals surface area (Å²) in [6.07, 6.45) is 2.67. The van der Waals surface area contributed by atoms with E-state index in [2.05, 4.69) is 16.0 Å². The average molecular weight is 315 g/mol. The van der Waals surface area contributed by atoms with Crippen LogP contribution in [0.5, 0.6) is 0 Å². The van der Waals surface area contributed by atoms with E-state index < -0.39 is 0 Å². The molecule has 0 amide bonds. The van der Waals surface area contributed by atoms with E-state index in [1.165, 1.54) is 12.1 Å². The van der Waals surface area contributed by atoms with Gasteiger partial charge in [0.25, 0.3) is 0 Å². The van der Waals surface area contributed by atoms with Gasteiger partial charge in [0, 0.05) is 24.7 Å². The Hall–Kier alpha value is -2.45. The molecule has 3 rings (SSSR count). The summed E-state index contributed by atoms with van der Waals surface area (Å²) < 4.78 is 15.4. The van der Waals surface area contributed by atoms with Crippen molar-refractivity contribution < 1.29 is 4.39 Å². The number of hydrogen-bond donors (Lipinski definition) is 0. The monoisotopic (exact) mass is 314 g/mol. The first-order chi connectivity index (χ1) is 10.7. The maximum atomic E-state index is 13.5. The molecule has 110 valence electrons. The second-order valence-corrected chi connectivity index (χ2v) is 5.29. The van der Waals surface area contributed by atoms with Crippen LogP contribution in [0.1, 0.15) is 12.8 Å². The maximum absolute atomic E-state index is 13.5. The number of nitriles is 1. The number of aryl methyl sites for hydroxylation is 1. The summed E-state index contributed by atoms with van der Waals surface area (Å²) in [6, 6.07) is 10.1. The van der Waals surface area contributed by atoms with Crippen molar-refractivity contribution in [1.29, 1.82) is 5.26 Å². The normalized spacial score (nSPS) is 10.8. The van der Waals surface area contributed by atoms with E-state index in [4.69, 9.17) is 16.9 Å². The summed E-state index contributed by atoms with van der Waals surface area (Å²) in [4.78, 5) is 8.85. The second-order valence-electron chi connectivity index (χ2n) is 4.86. The van der Waals surface area contributed by atoms with Crippen LogP contribution in [0.3, 0.4) is 0 Å². The van der Waals surface area contributed by atoms with Crippen molar-refractivity contribution in [3.05, 3.63) is 47.4 Å². The summed E-state index contributed by atoms with van der Waals surface area (Å²) in [5.74, 6) is 0.307. The highest BCUT2D eigenvalue weighted by Gasteiger charge is 2.14. The first-order valence-electron chi connectivity index (χ1n) is 6.83. The van der Waals surface area contributed by atoms with Gasteiger partial charge >= 0.3 is 0 Å². The van der Waals surface area contributed by atoms with Gasteiger partial charge in [0.2, 0.25) is 0 Å². The van der Waals surface area contributed by atoms with Gasteiger partial charge in [-0.15, -0.1) is 0 Å². The SMILES string of the molecule is N#CCCCn1c(-c2cccc(F)c2)nc2cc(Cl)cnc21. The molecular weight excluding hydrogens is 303 g/mol. The molecule has 1 aromatic carbocycles. The molecule has 0 N–H and O–H groups in total. The Kier molecular flexibility index (Phi) is 4.03. The van der Waals surface area contributed by atoms with E-state index in [-0.39, 0.29) is 5.82 Å². The molecule has 0 saturated heterocycles. The largest absolute Gasteiger partial charge is 0.309 e. The van der Waals surface area contributed by atoms with Gasteiger partial charge in [-0.1, -0.05) is 23.7 Å². The zero-order chi connectivity index (χ0) is 15.5. The lowest BCUT2D eigenvalue weighted by atomic mass is 10.2. The zero-order valence-corrected chi connectivity index (χ0v) is 12.4. The first kappa shape index (κ1) is 14.5. The van der Waals surface area contributed by atoms with E-state index in [0.717, 1.165) is 0 Å². The van der Waals surface area contributed by atoms with Crippen LogP contribution < -0.4 is 0 Å². The maximum Gasteiger partial charge on any atom is 0.160 e. The van der Waals surface area contributed by atoms with Crippen LogP contribution in [0.25, 0.3) is 22.6 Å². The van der Waals surface area contributed by atoms with Crippen molar-refractivity contribution in [3.63, 3.8) is 0 Å². The minimum absolute atomic E-state index is 0.320. The standard InChI is InChI=1S/C16H12ClFN4/c17-12-9-14-16(20-10-12)22(7-2-1-6-19)15(21-14)11-4-3-5-13(18)8-11/h3-5,8-10H,1-2,7H2. The van der Waals surface area contributed by atoms with Gasteiger partial charge in [-0.05, 0) is 24.6 Å². The number of aromatic nitrogens is 3. The highest BCUT2D eigenvalue weighted by molar-refractivity contribution is 6.31. The summed E-state index contributed by atoms with van der Waals surface area (Å²) >= 11 is 5.96. The Morgan fingerprint density at radius 3 is 2.95 bits per heavy atom. The number of nitrogens with zero attached hydrogens (tertiary/aromatic N) is 4. The summed E-state index contributed by atoms with van der Waals surface area (Å²) in [7, 11) is 0. The molecule has 0 unspecified atom stereocenters. The average Bonchev–Trinajstić information content (AvgIpc) is 2.85. The molecule has 4 nitrogen and oxygen atoms in total. The van der Waals surface area contributed by atoms with Crippen LogP contribution in [0, 0.1) is 17.1 Å². The minimum Gasteiger partial charge on any atom is -0.309 e. The van der Waals surface area contributed by atoms with E-state index >= 15 is 0 Å². The Morgan fingerprint density at radius 1 is 1.32 bits per heavy atom. The smallest absolute Gasteiger partial charge is 0.160 e. The lowest BCUT2D eigenvalue weighted by Crippen LogP contribution is -2.02. The summed E-state index contributed by atoms with van der Waals surface area (Å²) in [5.41, 5.74) is 2.01. The topological polar surface area (TPSA) is 54.5 Å². The second kappa shape index (κ2) is 6.12. The number of hydrogen-bond acceptors (Lipinski definition) is 3. The fraction of sp³-hybridized carbons (Fsp3) is 0.188. The summed E-state index contributed by atoms with van der Waals surface area (Å²) in [5, 5.41) is 9.21. The number of pyridine rings is 1. The molecule has 0 aliphatic rings. The van der Waals surface area contributed by atoms with Crippen molar-refractivity contribution in [2.75, 3.05) is 0 Å². The van der Waals surface area contributed by atoms with Crippen LogP contribution >= 0.6 is 11.6 Å². The van der Waals surface area contributed by atoms with Gasteiger partial charge in [-0.3, -0.25) is 0 Å². The van der Waals surface area contributed by atoms with Gasteiger partial charge in [0.15, 0.2) is 5.65 Å². The van der Waals surface area contributed by atoms with E-state index in [9.17, 15) is 4.39 Å². The third-order valence-electron chi connectivity index (χ3n) is 3.30. The Bertz CT molecular complexity index is 866.